The molecule has 5 rings (SSSR count). The van der Waals surface area contributed by atoms with Gasteiger partial charge in [0.25, 0.3) is 5.91 Å². The van der Waals surface area contributed by atoms with E-state index >= 15 is 0 Å². The number of hydrogen-bond donors (Lipinski definition) is 0. The van der Waals surface area contributed by atoms with Crippen molar-refractivity contribution < 1.29 is 13.9 Å². The fraction of sp³-hybridized carbons (Fsp3) is 0.500. The predicted octanol–water partition coefficient (Wildman–Crippen LogP) is 4.06. The van der Waals surface area contributed by atoms with Gasteiger partial charge in [0.15, 0.2) is 5.82 Å². The van der Waals surface area contributed by atoms with Gasteiger partial charge in [0.2, 0.25) is 11.6 Å². The Bertz CT molecular complexity index is 1150. The number of methoxy groups -OCH3 is 1. The molecule has 0 N–H and O–H groups in total. The molecule has 2 fully saturated rings. The Morgan fingerprint density at radius 2 is 1.97 bits per heavy atom. The number of aromatic nitrogens is 4. The SMILES string of the molecule is COc1cnc(C2CCN(C(=O)c3c(C)oc4ncnc(N(I)C5(C)CC5)c34)CC2)cn1. The molecule has 1 aliphatic heterocycles. The standard InChI is InChI=1S/C22H25IN6O3/c1-13-17(18-19(26-12-27-20(18)32-13)29(23)22(2)6-7-22)21(30)28-8-4-14(5-9-28)15-10-25-16(31-3)11-24-15/h10-12,14H,4-9H2,1-3H3. The number of anilines is 1. The number of rotatable bonds is 5. The number of carbonyl (C=O) groups excluding carboxylic acids is 1. The molecule has 3 aromatic rings. The second-order valence-corrected chi connectivity index (χ2v) is 9.70. The van der Waals surface area contributed by atoms with Crippen molar-refractivity contribution in [1.82, 2.24) is 24.8 Å². The Morgan fingerprint density at radius 3 is 2.59 bits per heavy atom. The first-order chi connectivity index (χ1) is 15.4. The van der Waals surface area contributed by atoms with Gasteiger partial charge in [0.1, 0.15) is 12.1 Å². The van der Waals surface area contributed by atoms with Crippen LogP contribution in [0.1, 0.15) is 60.3 Å². The summed E-state index contributed by atoms with van der Waals surface area (Å²) in [4.78, 5) is 33.1. The minimum atomic E-state index is -0.0256. The van der Waals surface area contributed by atoms with Crippen molar-refractivity contribution in [2.75, 3.05) is 23.3 Å². The molecule has 1 saturated heterocycles. The molecule has 0 unspecified atom stereocenters. The number of piperidine rings is 1. The number of furan rings is 1. The molecule has 0 bridgehead atoms. The Hall–Kier alpha value is -2.50. The fourth-order valence-electron chi connectivity index (χ4n) is 4.25. The largest absolute Gasteiger partial charge is 0.480 e. The van der Waals surface area contributed by atoms with Crippen LogP contribution in [0.5, 0.6) is 5.88 Å². The molecule has 4 heterocycles. The zero-order valence-corrected chi connectivity index (χ0v) is 20.5. The van der Waals surface area contributed by atoms with Gasteiger partial charge in [-0.1, -0.05) is 0 Å². The second-order valence-electron chi connectivity index (χ2n) is 8.74. The summed E-state index contributed by atoms with van der Waals surface area (Å²) >= 11 is 2.30. The summed E-state index contributed by atoms with van der Waals surface area (Å²) < 4.78 is 13.1. The van der Waals surface area contributed by atoms with Crippen molar-refractivity contribution in [2.45, 2.75) is 51.0 Å². The van der Waals surface area contributed by atoms with Gasteiger partial charge in [-0.2, -0.15) is 0 Å². The van der Waals surface area contributed by atoms with E-state index in [9.17, 15) is 4.79 Å². The van der Waals surface area contributed by atoms with Crippen molar-refractivity contribution >= 4 is 45.7 Å². The van der Waals surface area contributed by atoms with Gasteiger partial charge in [-0.25, -0.2) is 15.0 Å². The molecule has 1 saturated carbocycles. The third-order valence-corrected chi connectivity index (χ3v) is 8.17. The number of aryl methyl sites for hydroxylation is 1. The summed E-state index contributed by atoms with van der Waals surface area (Å²) in [6.45, 7) is 5.33. The lowest BCUT2D eigenvalue weighted by atomic mass is 9.93. The minimum absolute atomic E-state index is 0.0256. The van der Waals surface area contributed by atoms with Gasteiger partial charge in [-0.15, -0.1) is 0 Å². The first-order valence-corrected chi connectivity index (χ1v) is 11.7. The molecule has 32 heavy (non-hydrogen) atoms. The number of carbonyl (C=O) groups is 1. The lowest BCUT2D eigenvalue weighted by Gasteiger charge is -2.31. The first-order valence-electron chi connectivity index (χ1n) is 10.8. The molecule has 1 aliphatic carbocycles. The highest BCUT2D eigenvalue weighted by Gasteiger charge is 2.44. The van der Waals surface area contributed by atoms with E-state index in [4.69, 9.17) is 9.15 Å². The van der Waals surface area contributed by atoms with E-state index in [0.717, 1.165) is 37.2 Å². The number of halogens is 1. The van der Waals surface area contributed by atoms with Gasteiger partial charge in [0.05, 0.1) is 59.0 Å². The van der Waals surface area contributed by atoms with E-state index in [0.29, 0.717) is 41.4 Å². The average molecular weight is 548 g/mol. The van der Waals surface area contributed by atoms with Gasteiger partial charge in [-0.3, -0.25) is 12.9 Å². The second kappa shape index (κ2) is 8.13. The molecule has 1 amide bonds. The fourth-order valence-corrected chi connectivity index (χ4v) is 5.10. The Balaban J connectivity index is 1.39. The highest BCUT2D eigenvalue weighted by molar-refractivity contribution is 14.1. The van der Waals surface area contributed by atoms with E-state index in [-0.39, 0.29) is 17.4 Å². The first kappa shape index (κ1) is 21.4. The topological polar surface area (TPSA) is 97.5 Å². The van der Waals surface area contributed by atoms with E-state index < -0.39 is 0 Å². The predicted molar refractivity (Wildman–Crippen MR) is 127 cm³/mol. The highest BCUT2D eigenvalue weighted by Crippen LogP contribution is 2.47. The Kier molecular flexibility index (Phi) is 5.42. The van der Waals surface area contributed by atoms with E-state index in [2.05, 4.69) is 52.8 Å². The van der Waals surface area contributed by atoms with E-state index in [1.165, 1.54) is 6.33 Å². The summed E-state index contributed by atoms with van der Waals surface area (Å²) in [5.74, 6) is 2.09. The minimum Gasteiger partial charge on any atom is -0.480 e. The van der Waals surface area contributed by atoms with Crippen LogP contribution < -0.4 is 7.85 Å². The van der Waals surface area contributed by atoms with Crippen molar-refractivity contribution in [1.29, 1.82) is 0 Å². The van der Waals surface area contributed by atoms with Crippen LogP contribution in [0.2, 0.25) is 0 Å². The number of nitrogens with zero attached hydrogens (tertiary/aromatic N) is 6. The molecule has 0 spiro atoms. The summed E-state index contributed by atoms with van der Waals surface area (Å²) in [7, 11) is 1.58. The number of ether oxygens (including phenoxy) is 1. The third-order valence-electron chi connectivity index (χ3n) is 6.55. The monoisotopic (exact) mass is 548 g/mol. The number of fused-ring (bicyclic) bond motifs is 1. The zero-order valence-electron chi connectivity index (χ0n) is 18.3. The third kappa shape index (κ3) is 3.67. The lowest BCUT2D eigenvalue weighted by molar-refractivity contribution is 0.0712. The number of likely N-dealkylation sites (tertiary alicyclic amines) is 1. The van der Waals surface area contributed by atoms with Crippen molar-refractivity contribution in [3.05, 3.63) is 35.7 Å². The van der Waals surface area contributed by atoms with Crippen LogP contribution in [-0.4, -0.2) is 56.5 Å². The van der Waals surface area contributed by atoms with Crippen LogP contribution in [0.4, 0.5) is 5.82 Å². The number of amides is 1. The van der Waals surface area contributed by atoms with Crippen LogP contribution in [0.15, 0.2) is 23.1 Å². The maximum Gasteiger partial charge on any atom is 0.258 e. The maximum absolute atomic E-state index is 13.6. The van der Waals surface area contributed by atoms with Crippen LogP contribution in [0.3, 0.4) is 0 Å². The molecule has 0 atom stereocenters. The molecule has 2 aliphatic rings. The van der Waals surface area contributed by atoms with Crippen molar-refractivity contribution in [2.24, 2.45) is 0 Å². The summed E-state index contributed by atoms with van der Waals surface area (Å²) in [5.41, 5.74) is 2.04. The van der Waals surface area contributed by atoms with Gasteiger partial charge < -0.3 is 14.1 Å². The summed E-state index contributed by atoms with van der Waals surface area (Å²) in [6.07, 6.45) is 8.79. The molecule has 9 nitrogen and oxygen atoms in total. The van der Waals surface area contributed by atoms with Crippen LogP contribution in [0, 0.1) is 6.92 Å². The number of hydrogen-bond acceptors (Lipinski definition) is 8. The molecule has 0 aromatic carbocycles. The van der Waals surface area contributed by atoms with Crippen LogP contribution in [-0.2, 0) is 0 Å². The Labute approximate surface area is 200 Å². The summed E-state index contributed by atoms with van der Waals surface area (Å²) in [6, 6.07) is 0. The molecular weight excluding hydrogens is 523 g/mol. The lowest BCUT2D eigenvalue weighted by Crippen LogP contribution is -2.38. The van der Waals surface area contributed by atoms with Crippen molar-refractivity contribution in [3.8, 4) is 5.88 Å². The van der Waals surface area contributed by atoms with E-state index in [1.807, 2.05) is 11.8 Å². The average Bonchev–Trinajstić information content (AvgIpc) is 3.48. The molecule has 10 heteroatoms. The molecule has 0 radical (unpaired) electrons. The van der Waals surface area contributed by atoms with Crippen molar-refractivity contribution in [3.63, 3.8) is 0 Å². The quantitative estimate of drug-likeness (QED) is 0.348. The smallest absolute Gasteiger partial charge is 0.258 e. The van der Waals surface area contributed by atoms with Gasteiger partial charge >= 0.3 is 0 Å². The normalized spacial score (nSPS) is 18.1. The van der Waals surface area contributed by atoms with E-state index in [1.54, 1.807) is 19.5 Å². The van der Waals surface area contributed by atoms with Crippen LogP contribution in [0.25, 0.3) is 11.1 Å². The molecular formula is C22H25IN6O3. The van der Waals surface area contributed by atoms with Gasteiger partial charge in [-0.05, 0) is 39.5 Å². The molecule has 3 aromatic heterocycles. The Morgan fingerprint density at radius 1 is 1.22 bits per heavy atom. The van der Waals surface area contributed by atoms with Gasteiger partial charge in [0, 0.05) is 24.5 Å². The molecule has 168 valence electrons. The summed E-state index contributed by atoms with van der Waals surface area (Å²) in [5, 5.41) is 0.709. The maximum atomic E-state index is 13.6. The van der Waals surface area contributed by atoms with Crippen LogP contribution >= 0.6 is 22.9 Å². The zero-order chi connectivity index (χ0) is 22.5. The highest BCUT2D eigenvalue weighted by atomic mass is 127.